The molecule has 0 fully saturated rings. The van der Waals surface area contributed by atoms with E-state index >= 15 is 0 Å². The van der Waals surface area contributed by atoms with Crippen LogP contribution in [-0.4, -0.2) is 9.97 Å². The SMILES string of the molecule is Cc1ncncc1-c1ccc2ccccc2c1. The predicted molar refractivity (Wildman–Crippen MR) is 69.7 cm³/mol. The van der Waals surface area contributed by atoms with Gasteiger partial charge < -0.3 is 0 Å². The van der Waals surface area contributed by atoms with E-state index in [1.807, 2.05) is 13.1 Å². The van der Waals surface area contributed by atoms with E-state index in [0.29, 0.717) is 0 Å². The molecule has 1 aromatic heterocycles. The largest absolute Gasteiger partial charge is 0.244 e. The molecule has 0 aliphatic carbocycles. The molecule has 0 aliphatic heterocycles. The summed E-state index contributed by atoms with van der Waals surface area (Å²) in [5, 5.41) is 2.50. The van der Waals surface area contributed by atoms with Crippen molar-refractivity contribution in [2.75, 3.05) is 0 Å². The molecule has 2 heteroatoms. The fraction of sp³-hybridized carbons (Fsp3) is 0.0667. The summed E-state index contributed by atoms with van der Waals surface area (Å²) >= 11 is 0. The monoisotopic (exact) mass is 220 g/mol. The maximum Gasteiger partial charge on any atom is 0.115 e. The minimum Gasteiger partial charge on any atom is -0.244 e. The van der Waals surface area contributed by atoms with Gasteiger partial charge in [-0.3, -0.25) is 0 Å². The number of rotatable bonds is 1. The number of hydrogen-bond acceptors (Lipinski definition) is 2. The van der Waals surface area contributed by atoms with Gasteiger partial charge in [0, 0.05) is 17.5 Å². The summed E-state index contributed by atoms with van der Waals surface area (Å²) in [5.74, 6) is 0. The van der Waals surface area contributed by atoms with Crippen molar-refractivity contribution in [2.45, 2.75) is 6.92 Å². The highest BCUT2D eigenvalue weighted by atomic mass is 14.8. The van der Waals surface area contributed by atoms with Crippen molar-refractivity contribution in [3.8, 4) is 11.1 Å². The minimum atomic E-state index is 1.01. The van der Waals surface area contributed by atoms with E-state index < -0.39 is 0 Å². The Bertz CT molecular complexity index is 674. The second-order valence-electron chi connectivity index (χ2n) is 4.08. The first-order chi connectivity index (χ1) is 8.34. The highest BCUT2D eigenvalue weighted by Gasteiger charge is 2.03. The third-order valence-electron chi connectivity index (χ3n) is 2.97. The minimum absolute atomic E-state index is 1.01. The van der Waals surface area contributed by atoms with Gasteiger partial charge in [0.1, 0.15) is 6.33 Å². The van der Waals surface area contributed by atoms with E-state index in [1.54, 1.807) is 6.33 Å². The summed E-state index contributed by atoms with van der Waals surface area (Å²) in [6.45, 7) is 2.01. The van der Waals surface area contributed by atoms with Crippen LogP contribution in [0.2, 0.25) is 0 Å². The Morgan fingerprint density at radius 3 is 2.59 bits per heavy atom. The van der Waals surface area contributed by atoms with Crippen LogP contribution in [0.15, 0.2) is 55.0 Å². The van der Waals surface area contributed by atoms with Crippen molar-refractivity contribution in [3.63, 3.8) is 0 Å². The quantitative estimate of drug-likeness (QED) is 0.626. The Hall–Kier alpha value is -2.22. The number of aryl methyl sites for hydroxylation is 1. The molecule has 0 amide bonds. The standard InChI is InChI=1S/C15H12N2/c1-11-15(9-16-10-17-11)14-7-6-12-4-2-3-5-13(12)8-14/h2-10H,1H3. The molecule has 3 aromatic rings. The second-order valence-corrected chi connectivity index (χ2v) is 4.08. The van der Waals surface area contributed by atoms with Gasteiger partial charge in [0.2, 0.25) is 0 Å². The summed E-state index contributed by atoms with van der Waals surface area (Å²) in [6.07, 6.45) is 3.45. The van der Waals surface area contributed by atoms with Crippen LogP contribution in [0.1, 0.15) is 5.69 Å². The second kappa shape index (κ2) is 3.98. The normalized spacial score (nSPS) is 10.6. The van der Waals surface area contributed by atoms with Crippen LogP contribution in [0.3, 0.4) is 0 Å². The molecule has 0 unspecified atom stereocenters. The molecule has 0 aliphatic rings. The summed E-state index contributed by atoms with van der Waals surface area (Å²) in [7, 11) is 0. The zero-order valence-corrected chi connectivity index (χ0v) is 9.59. The molecule has 3 rings (SSSR count). The van der Waals surface area contributed by atoms with Crippen molar-refractivity contribution in [1.82, 2.24) is 9.97 Å². The third kappa shape index (κ3) is 1.78. The van der Waals surface area contributed by atoms with Crippen molar-refractivity contribution in [3.05, 3.63) is 60.7 Å². The van der Waals surface area contributed by atoms with Crippen molar-refractivity contribution < 1.29 is 0 Å². The van der Waals surface area contributed by atoms with Crippen molar-refractivity contribution in [1.29, 1.82) is 0 Å². The molecule has 2 aromatic carbocycles. The number of benzene rings is 2. The molecule has 0 saturated carbocycles. The predicted octanol–water partition coefficient (Wildman–Crippen LogP) is 3.61. The number of aromatic nitrogens is 2. The van der Waals surface area contributed by atoms with E-state index in [2.05, 4.69) is 52.4 Å². The number of nitrogens with zero attached hydrogens (tertiary/aromatic N) is 2. The highest BCUT2D eigenvalue weighted by molar-refractivity contribution is 5.87. The lowest BCUT2D eigenvalue weighted by molar-refractivity contribution is 1.11. The van der Waals surface area contributed by atoms with Crippen LogP contribution in [0.5, 0.6) is 0 Å². The van der Waals surface area contributed by atoms with Gasteiger partial charge >= 0.3 is 0 Å². The molecule has 0 radical (unpaired) electrons. The van der Waals surface area contributed by atoms with Crippen LogP contribution >= 0.6 is 0 Å². The molecule has 0 spiro atoms. The maximum absolute atomic E-state index is 4.22. The average Bonchev–Trinajstić information content (AvgIpc) is 2.39. The summed E-state index contributed by atoms with van der Waals surface area (Å²) in [5.41, 5.74) is 3.27. The van der Waals surface area contributed by atoms with E-state index in [4.69, 9.17) is 0 Å². The first-order valence-corrected chi connectivity index (χ1v) is 5.60. The topological polar surface area (TPSA) is 25.8 Å². The van der Waals surface area contributed by atoms with Gasteiger partial charge in [-0.1, -0.05) is 36.4 Å². The van der Waals surface area contributed by atoms with Gasteiger partial charge in [-0.15, -0.1) is 0 Å². The molecule has 0 N–H and O–H groups in total. The molecule has 0 atom stereocenters. The number of hydrogen-bond donors (Lipinski definition) is 0. The summed E-state index contributed by atoms with van der Waals surface area (Å²) in [6, 6.07) is 14.8. The van der Waals surface area contributed by atoms with Gasteiger partial charge in [-0.2, -0.15) is 0 Å². The molecule has 17 heavy (non-hydrogen) atoms. The Morgan fingerprint density at radius 2 is 1.76 bits per heavy atom. The van der Waals surface area contributed by atoms with Gasteiger partial charge in [0.25, 0.3) is 0 Å². The fourth-order valence-electron chi connectivity index (χ4n) is 2.03. The Kier molecular flexibility index (Phi) is 2.33. The lowest BCUT2D eigenvalue weighted by atomic mass is 10.0. The van der Waals surface area contributed by atoms with Crippen LogP contribution in [0.4, 0.5) is 0 Å². The molecule has 82 valence electrons. The van der Waals surface area contributed by atoms with E-state index in [-0.39, 0.29) is 0 Å². The molecule has 2 nitrogen and oxygen atoms in total. The third-order valence-corrected chi connectivity index (χ3v) is 2.97. The van der Waals surface area contributed by atoms with E-state index in [1.165, 1.54) is 16.3 Å². The van der Waals surface area contributed by atoms with Gasteiger partial charge in [0.05, 0.1) is 0 Å². The van der Waals surface area contributed by atoms with Crippen LogP contribution < -0.4 is 0 Å². The van der Waals surface area contributed by atoms with Crippen LogP contribution in [0.25, 0.3) is 21.9 Å². The van der Waals surface area contributed by atoms with E-state index in [9.17, 15) is 0 Å². The average molecular weight is 220 g/mol. The van der Waals surface area contributed by atoms with Crippen molar-refractivity contribution >= 4 is 10.8 Å². The molecular formula is C15H12N2. The zero-order chi connectivity index (χ0) is 11.7. The highest BCUT2D eigenvalue weighted by Crippen LogP contribution is 2.25. The molecule has 0 saturated heterocycles. The lowest BCUT2D eigenvalue weighted by Crippen LogP contribution is -1.88. The Morgan fingerprint density at radius 1 is 0.941 bits per heavy atom. The fourth-order valence-corrected chi connectivity index (χ4v) is 2.03. The Balaban J connectivity index is 2.22. The zero-order valence-electron chi connectivity index (χ0n) is 9.59. The van der Waals surface area contributed by atoms with E-state index in [0.717, 1.165) is 11.3 Å². The Labute approximate surface area is 100.0 Å². The van der Waals surface area contributed by atoms with Crippen molar-refractivity contribution in [2.24, 2.45) is 0 Å². The van der Waals surface area contributed by atoms with Gasteiger partial charge in [-0.25, -0.2) is 9.97 Å². The number of fused-ring (bicyclic) bond motifs is 1. The molecule has 1 heterocycles. The van der Waals surface area contributed by atoms with Crippen LogP contribution in [-0.2, 0) is 0 Å². The maximum atomic E-state index is 4.22. The first kappa shape index (κ1) is 9.97. The van der Waals surface area contributed by atoms with Crippen LogP contribution in [0, 0.1) is 6.92 Å². The first-order valence-electron chi connectivity index (χ1n) is 5.60. The smallest absolute Gasteiger partial charge is 0.115 e. The lowest BCUT2D eigenvalue weighted by Gasteiger charge is -2.05. The summed E-state index contributed by atoms with van der Waals surface area (Å²) in [4.78, 5) is 8.32. The molecule has 0 bridgehead atoms. The van der Waals surface area contributed by atoms with Gasteiger partial charge in [0.15, 0.2) is 0 Å². The summed E-state index contributed by atoms with van der Waals surface area (Å²) < 4.78 is 0. The molecular weight excluding hydrogens is 208 g/mol. The van der Waals surface area contributed by atoms with Gasteiger partial charge in [-0.05, 0) is 29.3 Å².